The molecule has 13 heavy (non-hydrogen) atoms. The maximum atomic E-state index is 11.2. The highest BCUT2D eigenvalue weighted by molar-refractivity contribution is 5.93. The minimum Gasteiger partial charge on any atom is -0.355 e. The summed E-state index contributed by atoms with van der Waals surface area (Å²) in [5.41, 5.74) is 2.11. The predicted octanol–water partition coefficient (Wildman–Crippen LogP) is 1.92. The molecule has 1 saturated carbocycles. The van der Waals surface area contributed by atoms with Gasteiger partial charge in [-0.15, -0.1) is 0 Å². The Morgan fingerprint density at radius 1 is 1.31 bits per heavy atom. The number of carbonyl (C=O) groups is 1. The van der Waals surface area contributed by atoms with Gasteiger partial charge in [-0.25, -0.2) is 0 Å². The van der Waals surface area contributed by atoms with Gasteiger partial charge in [0.05, 0.1) is 0 Å². The first kappa shape index (κ1) is 8.30. The highest BCUT2D eigenvalue weighted by Gasteiger charge is 2.23. The van der Waals surface area contributed by atoms with Crippen LogP contribution in [0.4, 0.5) is 0 Å². The molecule has 0 bridgehead atoms. The van der Waals surface area contributed by atoms with Crippen LogP contribution in [0.2, 0.25) is 0 Å². The molecule has 2 rings (SSSR count). The number of benzene rings is 1. The summed E-state index contributed by atoms with van der Waals surface area (Å²) in [6.45, 7) is 0. The first-order chi connectivity index (χ1) is 6.31. The average molecular weight is 175 g/mol. The Kier molecular flexibility index (Phi) is 2.05. The highest BCUT2D eigenvalue weighted by Crippen LogP contribution is 2.39. The van der Waals surface area contributed by atoms with E-state index >= 15 is 0 Å². The molecule has 1 aromatic carbocycles. The van der Waals surface area contributed by atoms with E-state index in [0.717, 1.165) is 11.5 Å². The van der Waals surface area contributed by atoms with E-state index in [1.807, 2.05) is 12.1 Å². The Hall–Kier alpha value is -1.31. The second kappa shape index (κ2) is 3.21. The molecule has 2 nitrogen and oxygen atoms in total. The molecule has 1 fully saturated rings. The summed E-state index contributed by atoms with van der Waals surface area (Å²) in [4.78, 5) is 11.2. The lowest BCUT2D eigenvalue weighted by Crippen LogP contribution is -2.17. The van der Waals surface area contributed by atoms with E-state index in [9.17, 15) is 4.79 Å². The molecule has 0 saturated heterocycles. The molecule has 1 aliphatic carbocycles. The van der Waals surface area contributed by atoms with Crippen LogP contribution in [0, 0.1) is 0 Å². The minimum absolute atomic E-state index is 0.0117. The van der Waals surface area contributed by atoms with Crippen LogP contribution in [0.25, 0.3) is 0 Å². The zero-order valence-corrected chi connectivity index (χ0v) is 7.71. The van der Waals surface area contributed by atoms with Crippen molar-refractivity contribution in [2.75, 3.05) is 7.05 Å². The Bertz CT molecular complexity index is 311. The molecule has 1 aliphatic rings. The summed E-state index contributed by atoms with van der Waals surface area (Å²) in [5.74, 6) is 0.751. The van der Waals surface area contributed by atoms with Gasteiger partial charge in [-0.3, -0.25) is 4.79 Å². The van der Waals surface area contributed by atoms with Crippen molar-refractivity contribution in [2.45, 2.75) is 18.8 Å². The van der Waals surface area contributed by atoms with E-state index in [0.29, 0.717) is 0 Å². The fourth-order valence-corrected chi connectivity index (χ4v) is 1.47. The summed E-state index contributed by atoms with van der Waals surface area (Å²) < 4.78 is 0. The van der Waals surface area contributed by atoms with Crippen molar-refractivity contribution in [3.05, 3.63) is 35.4 Å². The molecule has 0 aromatic heterocycles. The molecule has 0 radical (unpaired) electrons. The van der Waals surface area contributed by atoms with Crippen LogP contribution in [-0.2, 0) is 0 Å². The molecular formula is C11H13NO. The fraction of sp³-hybridized carbons (Fsp3) is 0.364. The van der Waals surface area contributed by atoms with Crippen molar-refractivity contribution in [1.82, 2.24) is 5.32 Å². The van der Waals surface area contributed by atoms with Crippen LogP contribution < -0.4 is 5.32 Å². The average Bonchev–Trinajstić information content (AvgIpc) is 3.00. The Labute approximate surface area is 78.0 Å². The van der Waals surface area contributed by atoms with Gasteiger partial charge in [0.2, 0.25) is 0 Å². The Morgan fingerprint density at radius 2 is 1.92 bits per heavy atom. The summed E-state index contributed by atoms with van der Waals surface area (Å²) >= 11 is 0. The van der Waals surface area contributed by atoms with Gasteiger partial charge in [-0.2, -0.15) is 0 Å². The van der Waals surface area contributed by atoms with E-state index in [1.54, 1.807) is 7.05 Å². The summed E-state index contributed by atoms with van der Waals surface area (Å²) in [6, 6.07) is 7.91. The number of hydrogen-bond donors (Lipinski definition) is 1. The molecule has 0 spiro atoms. The number of amides is 1. The van der Waals surface area contributed by atoms with Gasteiger partial charge in [0.15, 0.2) is 0 Å². The van der Waals surface area contributed by atoms with Crippen molar-refractivity contribution in [3.63, 3.8) is 0 Å². The van der Waals surface area contributed by atoms with Crippen molar-refractivity contribution in [2.24, 2.45) is 0 Å². The predicted molar refractivity (Wildman–Crippen MR) is 51.8 cm³/mol. The largest absolute Gasteiger partial charge is 0.355 e. The summed E-state index contributed by atoms with van der Waals surface area (Å²) in [6.07, 6.45) is 2.61. The topological polar surface area (TPSA) is 29.1 Å². The van der Waals surface area contributed by atoms with Crippen LogP contribution in [-0.4, -0.2) is 13.0 Å². The molecule has 1 N–H and O–H groups in total. The third-order valence-electron chi connectivity index (χ3n) is 2.45. The summed E-state index contributed by atoms with van der Waals surface area (Å²) in [7, 11) is 1.65. The maximum Gasteiger partial charge on any atom is 0.251 e. The third-order valence-corrected chi connectivity index (χ3v) is 2.45. The number of carbonyl (C=O) groups excluding carboxylic acids is 1. The van der Waals surface area contributed by atoms with Gasteiger partial charge in [0.25, 0.3) is 5.91 Å². The smallest absolute Gasteiger partial charge is 0.251 e. The molecule has 68 valence electrons. The van der Waals surface area contributed by atoms with Gasteiger partial charge in [0.1, 0.15) is 0 Å². The van der Waals surface area contributed by atoms with Crippen LogP contribution in [0.5, 0.6) is 0 Å². The van der Waals surface area contributed by atoms with Crippen molar-refractivity contribution in [3.8, 4) is 0 Å². The van der Waals surface area contributed by atoms with E-state index in [4.69, 9.17) is 0 Å². The van der Waals surface area contributed by atoms with E-state index in [2.05, 4.69) is 17.4 Å². The SMILES string of the molecule is CNC(=O)c1ccc(C2CC2)cc1. The van der Waals surface area contributed by atoms with E-state index in [-0.39, 0.29) is 5.91 Å². The molecule has 0 unspecified atom stereocenters. The van der Waals surface area contributed by atoms with Crippen molar-refractivity contribution in [1.29, 1.82) is 0 Å². The Morgan fingerprint density at radius 3 is 2.38 bits per heavy atom. The first-order valence-electron chi connectivity index (χ1n) is 4.63. The van der Waals surface area contributed by atoms with Gasteiger partial charge < -0.3 is 5.32 Å². The molecule has 1 amide bonds. The zero-order valence-electron chi connectivity index (χ0n) is 7.71. The molecular weight excluding hydrogens is 162 g/mol. The molecule has 0 aliphatic heterocycles. The number of rotatable bonds is 2. The lowest BCUT2D eigenvalue weighted by Gasteiger charge is -2.01. The first-order valence-corrected chi connectivity index (χ1v) is 4.63. The molecule has 2 heteroatoms. The minimum atomic E-state index is -0.0117. The molecule has 1 aromatic rings. The van der Waals surface area contributed by atoms with E-state index in [1.165, 1.54) is 18.4 Å². The van der Waals surface area contributed by atoms with Gasteiger partial charge in [0, 0.05) is 12.6 Å². The van der Waals surface area contributed by atoms with Crippen molar-refractivity contribution >= 4 is 5.91 Å². The van der Waals surface area contributed by atoms with Crippen LogP contribution in [0.15, 0.2) is 24.3 Å². The standard InChI is InChI=1S/C11H13NO/c1-12-11(13)10-6-4-9(5-7-10)8-2-3-8/h4-8H,2-3H2,1H3,(H,12,13). The third kappa shape index (κ3) is 1.72. The monoisotopic (exact) mass is 175 g/mol. The fourth-order valence-electron chi connectivity index (χ4n) is 1.47. The number of hydrogen-bond acceptors (Lipinski definition) is 1. The lowest BCUT2D eigenvalue weighted by molar-refractivity contribution is 0.0963. The molecule has 0 atom stereocenters. The van der Waals surface area contributed by atoms with Crippen LogP contribution in [0.1, 0.15) is 34.7 Å². The lowest BCUT2D eigenvalue weighted by atomic mass is 10.1. The van der Waals surface area contributed by atoms with Gasteiger partial charge in [-0.05, 0) is 36.5 Å². The van der Waals surface area contributed by atoms with Crippen LogP contribution in [0.3, 0.4) is 0 Å². The quantitative estimate of drug-likeness (QED) is 0.731. The zero-order chi connectivity index (χ0) is 9.26. The number of nitrogens with one attached hydrogen (secondary N) is 1. The van der Waals surface area contributed by atoms with Gasteiger partial charge in [-0.1, -0.05) is 12.1 Å². The normalized spacial score (nSPS) is 15.5. The summed E-state index contributed by atoms with van der Waals surface area (Å²) in [5, 5.41) is 2.61. The van der Waals surface area contributed by atoms with Crippen molar-refractivity contribution < 1.29 is 4.79 Å². The molecule has 0 heterocycles. The van der Waals surface area contributed by atoms with Gasteiger partial charge >= 0.3 is 0 Å². The Balaban J connectivity index is 2.17. The highest BCUT2D eigenvalue weighted by atomic mass is 16.1. The van der Waals surface area contributed by atoms with E-state index < -0.39 is 0 Å². The second-order valence-electron chi connectivity index (χ2n) is 3.48. The maximum absolute atomic E-state index is 11.2. The second-order valence-corrected chi connectivity index (χ2v) is 3.48. The van der Waals surface area contributed by atoms with Crippen LogP contribution >= 0.6 is 0 Å².